The van der Waals surface area contributed by atoms with Gasteiger partial charge in [0, 0.05) is 19.6 Å². The molecule has 0 unspecified atom stereocenters. The molecule has 0 heterocycles. The Morgan fingerprint density at radius 2 is 1.16 bits per heavy atom. The lowest BCUT2D eigenvalue weighted by Gasteiger charge is -2.30. The molecule has 0 radical (unpaired) electrons. The molecule has 3 N–H and O–H groups in total. The van der Waals surface area contributed by atoms with E-state index in [1.165, 1.54) is 0 Å². The van der Waals surface area contributed by atoms with Gasteiger partial charge < -0.3 is 30.3 Å². The van der Waals surface area contributed by atoms with Crippen LogP contribution < -0.4 is 11.1 Å². The van der Waals surface area contributed by atoms with E-state index >= 15 is 0 Å². The van der Waals surface area contributed by atoms with E-state index in [1.807, 2.05) is 65.8 Å². The number of nitrogens with zero attached hydrogens (tertiary/aromatic N) is 2. The molecule has 3 aromatic rings. The van der Waals surface area contributed by atoms with Gasteiger partial charge >= 0.3 is 12.2 Å². The summed E-state index contributed by atoms with van der Waals surface area (Å²) >= 11 is 0. The largest absolute Gasteiger partial charge is 0.444 e. The highest BCUT2D eigenvalue weighted by Gasteiger charge is 2.25. The van der Waals surface area contributed by atoms with E-state index in [4.69, 9.17) is 15.2 Å². The fourth-order valence-electron chi connectivity index (χ4n) is 5.35. The third-order valence-corrected chi connectivity index (χ3v) is 7.48. The second-order valence-electron chi connectivity index (χ2n) is 13.8. The first-order valence-electron chi connectivity index (χ1n) is 16.6. The number of benzene rings is 3. The van der Waals surface area contributed by atoms with Crippen LogP contribution in [0, 0.1) is 0 Å². The monoisotopic (exact) mass is 620 g/mol. The molecular formula is C37H56N4O4. The Hall–Kier alpha value is -3.36. The molecule has 3 rings (SSSR count). The molecule has 0 aliphatic rings. The van der Waals surface area contributed by atoms with Gasteiger partial charge in [0.1, 0.15) is 11.2 Å². The van der Waals surface area contributed by atoms with Crippen molar-refractivity contribution in [3.05, 3.63) is 60.2 Å². The van der Waals surface area contributed by atoms with Crippen molar-refractivity contribution in [1.82, 2.24) is 15.1 Å². The fraction of sp³-hybridized carbons (Fsp3) is 0.568. The van der Waals surface area contributed by atoms with Crippen LogP contribution in [0.25, 0.3) is 21.5 Å². The average molecular weight is 621 g/mol. The number of ether oxygens (including phenoxy) is 2. The minimum atomic E-state index is -0.627. The third kappa shape index (κ3) is 12.5. The van der Waals surface area contributed by atoms with Crippen molar-refractivity contribution in [2.45, 2.75) is 97.8 Å². The van der Waals surface area contributed by atoms with Gasteiger partial charge in [-0.1, -0.05) is 55.0 Å². The predicted molar refractivity (Wildman–Crippen MR) is 186 cm³/mol. The van der Waals surface area contributed by atoms with Crippen molar-refractivity contribution in [3.63, 3.8) is 0 Å². The number of amides is 2. The lowest BCUT2D eigenvalue weighted by Crippen LogP contribution is -2.41. The van der Waals surface area contributed by atoms with Gasteiger partial charge in [0.05, 0.1) is 6.54 Å². The zero-order valence-electron chi connectivity index (χ0n) is 28.5. The van der Waals surface area contributed by atoms with E-state index in [0.29, 0.717) is 32.6 Å². The molecule has 0 aliphatic heterocycles. The van der Waals surface area contributed by atoms with Crippen LogP contribution in [0.1, 0.15) is 85.6 Å². The van der Waals surface area contributed by atoms with Crippen LogP contribution in [0.3, 0.4) is 0 Å². The van der Waals surface area contributed by atoms with Gasteiger partial charge in [0.25, 0.3) is 0 Å². The number of nitrogens with one attached hydrogen (secondary N) is 1. The van der Waals surface area contributed by atoms with Crippen LogP contribution in [0.15, 0.2) is 54.6 Å². The SMILES string of the molecule is CC(C)(C)OC(=O)N(CCCCCNCCCCN)CCCN(Cc1c2ccccc2cc2ccccc12)C(=O)OC(C)(C)C. The molecule has 3 aromatic carbocycles. The van der Waals surface area contributed by atoms with Gasteiger partial charge in [-0.25, -0.2) is 9.59 Å². The molecule has 0 aliphatic carbocycles. The maximum absolute atomic E-state index is 13.6. The van der Waals surface area contributed by atoms with Crippen molar-refractivity contribution in [3.8, 4) is 0 Å². The van der Waals surface area contributed by atoms with Gasteiger partial charge in [-0.2, -0.15) is 0 Å². The molecule has 0 saturated heterocycles. The number of hydrogen-bond acceptors (Lipinski definition) is 6. The van der Waals surface area contributed by atoms with Crippen molar-refractivity contribution in [1.29, 1.82) is 0 Å². The molecule has 8 nitrogen and oxygen atoms in total. The predicted octanol–water partition coefficient (Wildman–Crippen LogP) is 7.86. The highest BCUT2D eigenvalue weighted by atomic mass is 16.6. The molecule has 0 spiro atoms. The summed E-state index contributed by atoms with van der Waals surface area (Å²) < 4.78 is 11.6. The van der Waals surface area contributed by atoms with Crippen molar-refractivity contribution in [2.75, 3.05) is 39.3 Å². The summed E-state index contributed by atoms with van der Waals surface area (Å²) in [7, 11) is 0. The van der Waals surface area contributed by atoms with Crippen molar-refractivity contribution in [2.24, 2.45) is 5.73 Å². The van der Waals surface area contributed by atoms with Gasteiger partial charge in [0.2, 0.25) is 0 Å². The van der Waals surface area contributed by atoms with E-state index in [1.54, 1.807) is 9.80 Å². The van der Waals surface area contributed by atoms with Crippen LogP contribution in [0.4, 0.5) is 9.59 Å². The first-order valence-corrected chi connectivity index (χ1v) is 16.6. The quantitative estimate of drug-likeness (QED) is 0.125. The summed E-state index contributed by atoms with van der Waals surface area (Å²) in [5.74, 6) is 0. The molecule has 45 heavy (non-hydrogen) atoms. The number of fused-ring (bicyclic) bond motifs is 2. The summed E-state index contributed by atoms with van der Waals surface area (Å²) in [5, 5.41) is 7.98. The first-order chi connectivity index (χ1) is 21.4. The Bertz CT molecular complexity index is 1310. The molecule has 0 aromatic heterocycles. The van der Waals surface area contributed by atoms with E-state index < -0.39 is 11.2 Å². The topological polar surface area (TPSA) is 97.1 Å². The van der Waals surface area contributed by atoms with Crippen LogP contribution >= 0.6 is 0 Å². The molecule has 0 bridgehead atoms. The van der Waals surface area contributed by atoms with Crippen LogP contribution in [-0.2, 0) is 16.0 Å². The lowest BCUT2D eigenvalue weighted by atomic mass is 9.96. The summed E-state index contributed by atoms with van der Waals surface area (Å²) in [5.41, 5.74) is 5.45. The van der Waals surface area contributed by atoms with Gasteiger partial charge in [-0.05, 0) is 126 Å². The zero-order valence-corrected chi connectivity index (χ0v) is 28.5. The summed E-state index contributed by atoms with van der Waals surface area (Å²) in [6, 6.07) is 18.8. The van der Waals surface area contributed by atoms with Gasteiger partial charge in [-0.3, -0.25) is 0 Å². The number of hydrogen-bond donors (Lipinski definition) is 2. The number of unbranched alkanes of at least 4 members (excludes halogenated alkanes) is 3. The zero-order chi connectivity index (χ0) is 32.9. The molecule has 0 saturated carbocycles. The molecule has 8 heteroatoms. The van der Waals surface area contributed by atoms with Crippen LogP contribution in [-0.4, -0.2) is 72.5 Å². The van der Waals surface area contributed by atoms with Gasteiger partial charge in [0.15, 0.2) is 0 Å². The highest BCUT2D eigenvalue weighted by molar-refractivity contribution is 6.02. The number of rotatable bonds is 16. The average Bonchev–Trinajstić information content (AvgIpc) is 2.96. The van der Waals surface area contributed by atoms with Crippen molar-refractivity contribution < 1.29 is 19.1 Å². The van der Waals surface area contributed by atoms with E-state index in [-0.39, 0.29) is 12.2 Å². The summed E-state index contributed by atoms with van der Waals surface area (Å²) in [6.45, 7) is 16.0. The first kappa shape index (κ1) is 36.1. The van der Waals surface area contributed by atoms with Crippen LogP contribution in [0.2, 0.25) is 0 Å². The van der Waals surface area contributed by atoms with Crippen LogP contribution in [0.5, 0.6) is 0 Å². The maximum atomic E-state index is 13.6. The summed E-state index contributed by atoms with van der Waals surface area (Å²) in [4.78, 5) is 30.3. The Balaban J connectivity index is 1.72. The number of nitrogens with two attached hydrogens (primary N) is 1. The number of carbonyl (C=O) groups is 2. The minimum Gasteiger partial charge on any atom is -0.444 e. The molecule has 0 fully saturated rings. The minimum absolute atomic E-state index is 0.314. The van der Waals surface area contributed by atoms with E-state index in [0.717, 1.165) is 78.8 Å². The van der Waals surface area contributed by atoms with Crippen molar-refractivity contribution >= 4 is 33.7 Å². The standard InChI is InChI=1S/C37H56N4O4/c1-36(2,3)44-34(42)40(24-15-7-13-22-39-23-14-12-21-38)25-16-26-41(35(43)45-37(4,5)6)28-33-31-19-10-8-17-29(31)27-30-18-9-11-20-32(30)33/h8-11,17-20,27,39H,7,12-16,21-26,28,38H2,1-6H3. The normalized spacial score (nSPS) is 12.0. The lowest BCUT2D eigenvalue weighted by molar-refractivity contribution is 0.0194. The van der Waals surface area contributed by atoms with Gasteiger partial charge in [-0.15, -0.1) is 0 Å². The number of carbonyl (C=O) groups excluding carboxylic acids is 2. The Kier molecular flexibility index (Phi) is 13.9. The second-order valence-corrected chi connectivity index (χ2v) is 13.8. The second kappa shape index (κ2) is 17.4. The molecule has 248 valence electrons. The summed E-state index contributed by atoms with van der Waals surface area (Å²) in [6.07, 6.45) is 5.03. The van der Waals surface area contributed by atoms with E-state index in [2.05, 4.69) is 35.6 Å². The Labute approximate surface area is 270 Å². The third-order valence-electron chi connectivity index (χ3n) is 7.48. The molecule has 0 atom stereocenters. The Morgan fingerprint density at radius 1 is 0.667 bits per heavy atom. The molecule has 2 amide bonds. The maximum Gasteiger partial charge on any atom is 0.410 e. The van der Waals surface area contributed by atoms with E-state index in [9.17, 15) is 9.59 Å². The Morgan fingerprint density at radius 3 is 1.71 bits per heavy atom. The smallest absolute Gasteiger partial charge is 0.410 e. The molecular weight excluding hydrogens is 564 g/mol. The highest BCUT2D eigenvalue weighted by Crippen LogP contribution is 2.30. The fourth-order valence-corrected chi connectivity index (χ4v) is 5.35.